The highest BCUT2D eigenvalue weighted by Crippen LogP contribution is 2.25. The van der Waals surface area contributed by atoms with Crippen LogP contribution in [0, 0.1) is 5.92 Å². The number of rotatable bonds is 4. The van der Waals surface area contributed by atoms with Crippen LogP contribution in [0.25, 0.3) is 22.2 Å². The highest BCUT2D eigenvalue weighted by atomic mass is 16.5. The van der Waals surface area contributed by atoms with Crippen LogP contribution in [-0.4, -0.2) is 27.8 Å². The summed E-state index contributed by atoms with van der Waals surface area (Å²) in [6, 6.07) is 7.51. The van der Waals surface area contributed by atoms with Crippen molar-refractivity contribution in [3.05, 3.63) is 36.2 Å². The monoisotopic (exact) mass is 324 g/mol. The van der Waals surface area contributed by atoms with E-state index in [-0.39, 0.29) is 5.91 Å². The Morgan fingerprint density at radius 3 is 3.00 bits per heavy atom. The molecule has 0 aliphatic heterocycles. The lowest BCUT2D eigenvalue weighted by molar-refractivity contribution is 0.0934. The number of H-pyrrole nitrogens is 1. The molecular formula is C18H20N4O2. The quantitative estimate of drug-likeness (QED) is 0.769. The average Bonchev–Trinajstić information content (AvgIpc) is 3.29. The van der Waals surface area contributed by atoms with E-state index in [0.29, 0.717) is 17.4 Å². The molecule has 0 spiro atoms. The van der Waals surface area contributed by atoms with Gasteiger partial charge in [0, 0.05) is 23.6 Å². The van der Waals surface area contributed by atoms with Crippen LogP contribution in [0.4, 0.5) is 0 Å². The van der Waals surface area contributed by atoms with Gasteiger partial charge in [0.25, 0.3) is 5.91 Å². The lowest BCUT2D eigenvalue weighted by Crippen LogP contribution is -2.30. The molecule has 1 aliphatic rings. The van der Waals surface area contributed by atoms with Crippen molar-refractivity contribution in [3.63, 3.8) is 0 Å². The number of carbonyl (C=O) groups excluding carboxylic acids is 1. The Kier molecular flexibility index (Phi) is 4.02. The van der Waals surface area contributed by atoms with Crippen LogP contribution in [0.15, 0.2) is 35.0 Å². The fourth-order valence-corrected chi connectivity index (χ4v) is 3.33. The molecule has 4 rings (SSSR count). The predicted molar refractivity (Wildman–Crippen MR) is 90.5 cm³/mol. The lowest BCUT2D eigenvalue weighted by atomic mass is 9.89. The van der Waals surface area contributed by atoms with Gasteiger partial charge in [-0.05, 0) is 37.0 Å². The Balaban J connectivity index is 1.44. The molecular weight excluding hydrogens is 304 g/mol. The van der Waals surface area contributed by atoms with Crippen molar-refractivity contribution in [1.29, 1.82) is 0 Å². The van der Waals surface area contributed by atoms with Crippen LogP contribution in [-0.2, 0) is 0 Å². The topological polar surface area (TPSA) is 83.8 Å². The van der Waals surface area contributed by atoms with Gasteiger partial charge < -0.3 is 9.84 Å². The van der Waals surface area contributed by atoms with Gasteiger partial charge in [0.15, 0.2) is 11.5 Å². The largest absolute Gasteiger partial charge is 0.355 e. The van der Waals surface area contributed by atoms with E-state index in [1.165, 1.54) is 32.1 Å². The minimum absolute atomic E-state index is 0.167. The van der Waals surface area contributed by atoms with E-state index >= 15 is 0 Å². The van der Waals surface area contributed by atoms with Gasteiger partial charge in [0.05, 0.1) is 11.7 Å². The predicted octanol–water partition coefficient (Wildman–Crippen LogP) is 3.53. The molecule has 1 saturated carbocycles. The van der Waals surface area contributed by atoms with Crippen LogP contribution in [0.3, 0.4) is 0 Å². The first kappa shape index (κ1) is 14.9. The van der Waals surface area contributed by atoms with Crippen LogP contribution in [0.1, 0.15) is 42.6 Å². The molecule has 2 aromatic heterocycles. The van der Waals surface area contributed by atoms with Crippen LogP contribution >= 0.6 is 0 Å². The summed E-state index contributed by atoms with van der Waals surface area (Å²) in [7, 11) is 0. The highest BCUT2D eigenvalue weighted by molar-refractivity contribution is 5.93. The van der Waals surface area contributed by atoms with Crippen LogP contribution in [0.5, 0.6) is 0 Å². The number of benzene rings is 1. The number of aromatic amines is 1. The van der Waals surface area contributed by atoms with Crippen LogP contribution < -0.4 is 5.32 Å². The zero-order valence-corrected chi connectivity index (χ0v) is 13.4. The molecule has 0 radical (unpaired) electrons. The van der Waals surface area contributed by atoms with Crippen molar-refractivity contribution in [3.8, 4) is 11.3 Å². The average molecular weight is 324 g/mol. The molecule has 1 amide bonds. The number of hydrogen-bond donors (Lipinski definition) is 2. The second kappa shape index (κ2) is 6.47. The Morgan fingerprint density at radius 1 is 1.25 bits per heavy atom. The zero-order valence-electron chi connectivity index (χ0n) is 13.4. The third-order valence-electron chi connectivity index (χ3n) is 4.74. The fourth-order valence-electron chi connectivity index (χ4n) is 3.33. The van der Waals surface area contributed by atoms with Gasteiger partial charge >= 0.3 is 0 Å². The van der Waals surface area contributed by atoms with E-state index in [4.69, 9.17) is 4.52 Å². The maximum Gasteiger partial charge on any atom is 0.273 e. The smallest absolute Gasteiger partial charge is 0.273 e. The molecule has 0 unspecified atom stereocenters. The molecule has 1 fully saturated rings. The molecule has 124 valence electrons. The van der Waals surface area contributed by atoms with Gasteiger partial charge in [0.2, 0.25) is 0 Å². The van der Waals surface area contributed by atoms with Crippen molar-refractivity contribution in [2.24, 2.45) is 5.92 Å². The first-order valence-corrected chi connectivity index (χ1v) is 8.48. The van der Waals surface area contributed by atoms with E-state index in [9.17, 15) is 4.79 Å². The minimum atomic E-state index is -0.167. The molecule has 0 bridgehead atoms. The summed E-state index contributed by atoms with van der Waals surface area (Å²) in [4.78, 5) is 12.3. The molecule has 2 heterocycles. The summed E-state index contributed by atoms with van der Waals surface area (Å²) in [6.45, 7) is 0.724. The van der Waals surface area contributed by atoms with E-state index in [2.05, 4.69) is 20.7 Å². The summed E-state index contributed by atoms with van der Waals surface area (Å²) in [5.74, 6) is 1.01. The van der Waals surface area contributed by atoms with Gasteiger partial charge in [-0.25, -0.2) is 0 Å². The fraction of sp³-hybridized carbons (Fsp3) is 0.389. The number of aromatic nitrogens is 3. The van der Waals surface area contributed by atoms with Crippen LogP contribution in [0.2, 0.25) is 0 Å². The molecule has 3 aromatic rings. The minimum Gasteiger partial charge on any atom is -0.355 e. The number of amides is 1. The summed E-state index contributed by atoms with van der Waals surface area (Å²) >= 11 is 0. The summed E-state index contributed by atoms with van der Waals surface area (Å²) in [6.07, 6.45) is 8.02. The Morgan fingerprint density at radius 2 is 2.12 bits per heavy atom. The standard InChI is InChI=1S/C18H20N4O2/c23-18(19-10-12-4-2-1-3-5-12)16-9-17(24-22-16)13-6-7-15-14(8-13)11-20-21-15/h6-9,11-12H,1-5,10H2,(H,19,23)(H,20,21). The summed E-state index contributed by atoms with van der Waals surface area (Å²) in [5, 5.41) is 14.8. The SMILES string of the molecule is O=C(NCC1CCCCC1)c1cc(-c2ccc3[nH]ncc3c2)on1. The van der Waals surface area contributed by atoms with Gasteiger partial charge in [0.1, 0.15) is 0 Å². The number of carbonyl (C=O) groups is 1. The van der Waals surface area contributed by atoms with Gasteiger partial charge in [-0.3, -0.25) is 9.89 Å². The molecule has 0 saturated heterocycles. The maximum atomic E-state index is 12.3. The molecule has 0 atom stereocenters. The number of nitrogens with one attached hydrogen (secondary N) is 2. The second-order valence-electron chi connectivity index (χ2n) is 6.46. The summed E-state index contributed by atoms with van der Waals surface area (Å²) < 4.78 is 5.35. The second-order valence-corrected chi connectivity index (χ2v) is 6.46. The van der Waals surface area contributed by atoms with Crippen molar-refractivity contribution in [2.75, 3.05) is 6.54 Å². The van der Waals surface area contributed by atoms with Gasteiger partial charge in [-0.1, -0.05) is 24.4 Å². The van der Waals surface area contributed by atoms with Crippen molar-refractivity contribution < 1.29 is 9.32 Å². The van der Waals surface area contributed by atoms with E-state index in [1.807, 2.05) is 18.2 Å². The molecule has 1 aromatic carbocycles. The Labute approximate surface area is 139 Å². The molecule has 6 heteroatoms. The van der Waals surface area contributed by atoms with Gasteiger partial charge in [-0.2, -0.15) is 5.10 Å². The van der Waals surface area contributed by atoms with E-state index < -0.39 is 0 Å². The highest BCUT2D eigenvalue weighted by Gasteiger charge is 2.17. The van der Waals surface area contributed by atoms with Crippen molar-refractivity contribution in [1.82, 2.24) is 20.7 Å². The zero-order chi connectivity index (χ0) is 16.4. The van der Waals surface area contributed by atoms with E-state index in [1.54, 1.807) is 12.3 Å². The Hall–Kier alpha value is -2.63. The third kappa shape index (κ3) is 3.04. The third-order valence-corrected chi connectivity index (χ3v) is 4.74. The number of nitrogens with zero attached hydrogens (tertiary/aromatic N) is 2. The first-order valence-electron chi connectivity index (χ1n) is 8.48. The molecule has 6 nitrogen and oxygen atoms in total. The lowest BCUT2D eigenvalue weighted by Gasteiger charge is -2.21. The number of hydrogen-bond acceptors (Lipinski definition) is 4. The Bertz CT molecular complexity index is 845. The summed E-state index contributed by atoms with van der Waals surface area (Å²) in [5.41, 5.74) is 2.17. The molecule has 24 heavy (non-hydrogen) atoms. The maximum absolute atomic E-state index is 12.3. The molecule has 2 N–H and O–H groups in total. The van der Waals surface area contributed by atoms with E-state index in [0.717, 1.165) is 23.0 Å². The number of fused-ring (bicyclic) bond motifs is 1. The normalized spacial score (nSPS) is 15.7. The first-order chi connectivity index (χ1) is 11.8. The van der Waals surface area contributed by atoms with Crippen molar-refractivity contribution in [2.45, 2.75) is 32.1 Å². The molecule has 1 aliphatic carbocycles. The van der Waals surface area contributed by atoms with Crippen molar-refractivity contribution >= 4 is 16.8 Å². The van der Waals surface area contributed by atoms with Gasteiger partial charge in [-0.15, -0.1) is 0 Å².